The summed E-state index contributed by atoms with van der Waals surface area (Å²) >= 11 is 4.60. The second kappa shape index (κ2) is 2.73. The smallest absolute Gasteiger partial charge is 0.274 e. The molecule has 11 heavy (non-hydrogen) atoms. The molecule has 6 heteroatoms. The molecule has 0 aromatic carbocycles. The van der Waals surface area contributed by atoms with Crippen molar-refractivity contribution >= 4 is 11.6 Å². The van der Waals surface area contributed by atoms with E-state index in [0.29, 0.717) is 4.57 Å². The van der Waals surface area contributed by atoms with Crippen LogP contribution < -0.4 is 0 Å². The van der Waals surface area contributed by atoms with Gasteiger partial charge in [0.25, 0.3) is 5.63 Å². The van der Waals surface area contributed by atoms with E-state index in [2.05, 4.69) is 16.6 Å². The minimum atomic E-state index is -3.72. The first-order valence-electron chi connectivity index (χ1n) is 2.69. The van der Waals surface area contributed by atoms with Gasteiger partial charge in [-0.25, -0.2) is 9.37 Å². The van der Waals surface area contributed by atoms with Gasteiger partial charge < -0.3 is 0 Å². The zero-order valence-corrected chi connectivity index (χ0v) is 5.97. The molecular formula is C5H4ClF3N2. The van der Waals surface area contributed by atoms with Crippen molar-refractivity contribution in [1.82, 2.24) is 9.55 Å². The van der Waals surface area contributed by atoms with Crippen LogP contribution >= 0.6 is 11.6 Å². The lowest BCUT2D eigenvalue weighted by molar-refractivity contribution is -0.115. The van der Waals surface area contributed by atoms with Crippen LogP contribution in [0.15, 0.2) is 18.7 Å². The molecule has 0 fully saturated rings. The molecule has 2 nitrogen and oxygen atoms in total. The van der Waals surface area contributed by atoms with Crippen molar-refractivity contribution in [3.05, 3.63) is 18.7 Å². The van der Waals surface area contributed by atoms with Crippen molar-refractivity contribution in [2.24, 2.45) is 0 Å². The zero-order valence-electron chi connectivity index (χ0n) is 5.22. The monoisotopic (exact) mass is 184 g/mol. The van der Waals surface area contributed by atoms with E-state index in [1.54, 1.807) is 0 Å². The Balaban J connectivity index is 2.90. The summed E-state index contributed by atoms with van der Waals surface area (Å²) in [6, 6.07) is -3.72. The highest BCUT2D eigenvalue weighted by atomic mass is 35.5. The molecule has 0 saturated carbocycles. The van der Waals surface area contributed by atoms with Crippen LogP contribution in [0.1, 0.15) is 0 Å². The number of hydrogen-bond acceptors (Lipinski definition) is 1. The number of halogens is 4. The Hall–Kier alpha value is -0.710. The van der Waals surface area contributed by atoms with Crippen LogP contribution in [0.4, 0.5) is 13.2 Å². The van der Waals surface area contributed by atoms with E-state index in [1.807, 2.05) is 0 Å². The molecular weight excluding hydrogens is 181 g/mol. The molecule has 1 rings (SSSR count). The topological polar surface area (TPSA) is 17.8 Å². The maximum Gasteiger partial charge on any atom is 0.375 e. The standard InChI is InChI=1S/C5H4ClF3N2/c6-4(7)5(8,9)11-2-1-10-3-11/h1-4H/t4-/m0/s1. The lowest BCUT2D eigenvalue weighted by Gasteiger charge is -2.16. The van der Waals surface area contributed by atoms with Crippen molar-refractivity contribution in [2.45, 2.75) is 11.7 Å². The average Bonchev–Trinajstić information content (AvgIpc) is 2.37. The number of imidazole rings is 1. The van der Waals surface area contributed by atoms with E-state index in [0.717, 1.165) is 18.7 Å². The van der Waals surface area contributed by atoms with Gasteiger partial charge in [-0.3, -0.25) is 4.57 Å². The van der Waals surface area contributed by atoms with Gasteiger partial charge in [0, 0.05) is 12.4 Å². The third kappa shape index (κ3) is 1.48. The molecule has 0 aliphatic carbocycles. The number of nitrogens with zero attached hydrogens (tertiary/aromatic N) is 2. The van der Waals surface area contributed by atoms with Crippen LogP contribution in [0, 0.1) is 0 Å². The zero-order chi connectivity index (χ0) is 8.48. The molecule has 1 atom stereocenters. The fraction of sp³-hybridized carbons (Fsp3) is 0.400. The van der Waals surface area contributed by atoms with Crippen LogP contribution in [-0.2, 0) is 6.05 Å². The molecule has 0 spiro atoms. The van der Waals surface area contributed by atoms with Crippen molar-refractivity contribution in [2.75, 3.05) is 0 Å². The minimum absolute atomic E-state index is 0.310. The molecule has 62 valence electrons. The summed E-state index contributed by atoms with van der Waals surface area (Å²) in [6.45, 7) is 0. The summed E-state index contributed by atoms with van der Waals surface area (Å²) in [5.74, 6) is 0. The fourth-order valence-electron chi connectivity index (χ4n) is 0.548. The van der Waals surface area contributed by atoms with Crippen molar-refractivity contribution < 1.29 is 13.2 Å². The lowest BCUT2D eigenvalue weighted by atomic mass is 10.6. The lowest BCUT2D eigenvalue weighted by Crippen LogP contribution is -2.29. The van der Waals surface area contributed by atoms with E-state index in [-0.39, 0.29) is 0 Å². The van der Waals surface area contributed by atoms with Gasteiger partial charge in [-0.2, -0.15) is 8.78 Å². The van der Waals surface area contributed by atoms with Crippen LogP contribution in [0.25, 0.3) is 0 Å². The summed E-state index contributed by atoms with van der Waals surface area (Å²) in [6.07, 6.45) is 2.86. The molecule has 0 bridgehead atoms. The summed E-state index contributed by atoms with van der Waals surface area (Å²) in [4.78, 5) is 3.33. The Kier molecular flexibility index (Phi) is 2.08. The summed E-state index contributed by atoms with van der Waals surface area (Å²) in [5.41, 5.74) is -2.74. The van der Waals surface area contributed by atoms with Crippen LogP contribution in [-0.4, -0.2) is 15.2 Å². The molecule has 0 unspecified atom stereocenters. The Morgan fingerprint density at radius 1 is 1.55 bits per heavy atom. The number of aromatic nitrogens is 2. The van der Waals surface area contributed by atoms with E-state index >= 15 is 0 Å². The molecule has 0 aliphatic rings. The largest absolute Gasteiger partial charge is 0.375 e. The van der Waals surface area contributed by atoms with E-state index < -0.39 is 11.7 Å². The third-order valence-electron chi connectivity index (χ3n) is 1.11. The Bertz CT molecular complexity index is 222. The van der Waals surface area contributed by atoms with Gasteiger partial charge in [0.1, 0.15) is 0 Å². The number of hydrogen-bond donors (Lipinski definition) is 0. The Labute approximate surface area is 65.6 Å². The molecule has 1 aromatic rings. The molecule has 1 aromatic heterocycles. The van der Waals surface area contributed by atoms with Crippen molar-refractivity contribution in [3.8, 4) is 0 Å². The van der Waals surface area contributed by atoms with Gasteiger partial charge in [0.05, 0.1) is 6.33 Å². The number of rotatable bonds is 2. The summed E-state index contributed by atoms with van der Waals surface area (Å²) in [7, 11) is 0. The maximum atomic E-state index is 12.5. The minimum Gasteiger partial charge on any atom is -0.274 e. The molecule has 1 heterocycles. The number of alkyl halides is 4. The molecule has 0 radical (unpaired) electrons. The van der Waals surface area contributed by atoms with Crippen molar-refractivity contribution in [1.29, 1.82) is 0 Å². The predicted octanol–water partition coefficient (Wildman–Crippen LogP) is 1.97. The van der Waals surface area contributed by atoms with Crippen molar-refractivity contribution in [3.63, 3.8) is 0 Å². The molecule has 0 amide bonds. The van der Waals surface area contributed by atoms with E-state index in [4.69, 9.17) is 0 Å². The third-order valence-corrected chi connectivity index (χ3v) is 1.37. The van der Waals surface area contributed by atoms with Gasteiger partial charge in [-0.05, 0) is 0 Å². The summed E-state index contributed by atoms with van der Waals surface area (Å²) < 4.78 is 37.4. The Morgan fingerprint density at radius 2 is 2.18 bits per heavy atom. The molecule has 0 N–H and O–H groups in total. The van der Waals surface area contributed by atoms with Gasteiger partial charge in [-0.1, -0.05) is 11.6 Å². The second-order valence-electron chi connectivity index (χ2n) is 1.86. The first kappa shape index (κ1) is 8.39. The predicted molar refractivity (Wildman–Crippen MR) is 33.2 cm³/mol. The highest BCUT2D eigenvalue weighted by Crippen LogP contribution is 2.29. The van der Waals surface area contributed by atoms with Gasteiger partial charge in [-0.15, -0.1) is 0 Å². The van der Waals surface area contributed by atoms with Crippen LogP contribution in [0.2, 0.25) is 0 Å². The summed E-state index contributed by atoms with van der Waals surface area (Å²) in [5, 5.41) is 0. The SMILES string of the molecule is F[C@H](Cl)C(F)(F)n1ccnc1. The normalized spacial score (nSPS) is 14.9. The van der Waals surface area contributed by atoms with Crippen LogP contribution in [0.5, 0.6) is 0 Å². The molecule has 0 saturated heterocycles. The second-order valence-corrected chi connectivity index (χ2v) is 2.24. The quantitative estimate of drug-likeness (QED) is 0.643. The van der Waals surface area contributed by atoms with Crippen LogP contribution in [0.3, 0.4) is 0 Å². The maximum absolute atomic E-state index is 12.5. The highest BCUT2D eigenvalue weighted by Gasteiger charge is 2.40. The highest BCUT2D eigenvalue weighted by molar-refractivity contribution is 6.20. The average molecular weight is 185 g/mol. The molecule has 0 aliphatic heterocycles. The van der Waals surface area contributed by atoms with E-state index in [1.165, 1.54) is 0 Å². The Morgan fingerprint density at radius 3 is 2.55 bits per heavy atom. The van der Waals surface area contributed by atoms with Gasteiger partial charge >= 0.3 is 6.05 Å². The van der Waals surface area contributed by atoms with Gasteiger partial charge in [0.15, 0.2) is 0 Å². The first-order chi connectivity index (χ1) is 5.05. The van der Waals surface area contributed by atoms with E-state index in [9.17, 15) is 13.2 Å². The first-order valence-corrected chi connectivity index (χ1v) is 3.13. The van der Waals surface area contributed by atoms with Gasteiger partial charge in [0.2, 0.25) is 0 Å². The fourth-order valence-corrected chi connectivity index (χ4v) is 0.661.